The second kappa shape index (κ2) is 6.26. The number of halogens is 4. The molecule has 4 rings (SSSR count). The van der Waals surface area contributed by atoms with Gasteiger partial charge in [-0.2, -0.15) is 18.3 Å². The number of anilines is 1. The van der Waals surface area contributed by atoms with E-state index in [0.29, 0.717) is 16.2 Å². The van der Waals surface area contributed by atoms with Crippen molar-refractivity contribution in [2.45, 2.75) is 17.5 Å². The molecule has 2 unspecified atom stereocenters. The van der Waals surface area contributed by atoms with Crippen molar-refractivity contribution in [1.29, 1.82) is 0 Å². The van der Waals surface area contributed by atoms with E-state index in [9.17, 15) is 26.6 Å². The monoisotopic (exact) mass is 396 g/mol. The predicted molar refractivity (Wildman–Crippen MR) is 91.2 cm³/mol. The van der Waals surface area contributed by atoms with Crippen molar-refractivity contribution in [3.05, 3.63) is 59.4 Å². The fourth-order valence-corrected chi connectivity index (χ4v) is 4.69. The molecule has 2 aromatic rings. The molecule has 0 fully saturated rings. The molecule has 1 amide bonds. The summed E-state index contributed by atoms with van der Waals surface area (Å²) in [7, 11) is -1.39. The first-order valence-electron chi connectivity index (χ1n) is 8.01. The lowest BCUT2D eigenvalue weighted by atomic mass is 9.92. The maximum absolute atomic E-state index is 13.7. The first kappa shape index (κ1) is 17.8. The standard InChI is InChI=1S/C18H12F4N2O2S/c19-12-4-5-15-14(8-12)17-10(9-27(15)26)6-16(25)24(23-17)13-3-1-2-11(7-13)18(20,21)22/h1-5,7-8,10H,6,9H2. The van der Waals surface area contributed by atoms with Gasteiger partial charge in [0.2, 0.25) is 5.91 Å². The number of rotatable bonds is 1. The predicted octanol–water partition coefficient (Wildman–Crippen LogP) is 3.72. The van der Waals surface area contributed by atoms with Crippen LogP contribution in [0.1, 0.15) is 17.5 Å². The summed E-state index contributed by atoms with van der Waals surface area (Å²) in [6.45, 7) is 0. The molecule has 0 aliphatic carbocycles. The van der Waals surface area contributed by atoms with Crippen LogP contribution in [0.2, 0.25) is 0 Å². The number of carbonyl (C=O) groups is 1. The van der Waals surface area contributed by atoms with E-state index in [2.05, 4.69) is 5.10 Å². The normalized spacial score (nSPS) is 22.1. The Morgan fingerprint density at radius 1 is 1.15 bits per heavy atom. The Kier molecular flexibility index (Phi) is 4.14. The molecule has 0 bridgehead atoms. The van der Waals surface area contributed by atoms with Crippen molar-refractivity contribution in [2.75, 3.05) is 10.8 Å². The topological polar surface area (TPSA) is 49.7 Å². The molecule has 2 atom stereocenters. The second-order valence-corrected chi connectivity index (χ2v) is 7.76. The third kappa shape index (κ3) is 3.16. The highest BCUT2D eigenvalue weighted by molar-refractivity contribution is 7.85. The van der Waals surface area contributed by atoms with Crippen LogP contribution >= 0.6 is 0 Å². The smallest absolute Gasteiger partial charge is 0.273 e. The summed E-state index contributed by atoms with van der Waals surface area (Å²) in [6.07, 6.45) is -4.61. The Hall–Kier alpha value is -2.55. The number of carbonyl (C=O) groups excluding carboxylic acids is 1. The van der Waals surface area contributed by atoms with Crippen LogP contribution in [0.5, 0.6) is 0 Å². The first-order valence-corrected chi connectivity index (χ1v) is 9.33. The summed E-state index contributed by atoms with van der Waals surface area (Å²) in [5.41, 5.74) is -0.230. The Balaban J connectivity index is 1.83. The van der Waals surface area contributed by atoms with Crippen molar-refractivity contribution in [1.82, 2.24) is 0 Å². The second-order valence-electron chi connectivity index (χ2n) is 6.29. The zero-order valence-electron chi connectivity index (χ0n) is 13.7. The molecule has 9 heteroatoms. The zero-order chi connectivity index (χ0) is 19.3. The SMILES string of the molecule is O=C1CC2CS(=O)c3ccc(F)cc3C2=NN1c1cccc(C(F)(F)F)c1. The molecular formula is C18H12F4N2O2S. The van der Waals surface area contributed by atoms with Gasteiger partial charge in [0.1, 0.15) is 5.82 Å². The lowest BCUT2D eigenvalue weighted by Gasteiger charge is -2.33. The summed E-state index contributed by atoms with van der Waals surface area (Å²) in [4.78, 5) is 12.9. The van der Waals surface area contributed by atoms with Crippen LogP contribution < -0.4 is 5.01 Å². The third-order valence-electron chi connectivity index (χ3n) is 4.49. The fourth-order valence-electron chi connectivity index (χ4n) is 3.24. The molecule has 2 aliphatic rings. The van der Waals surface area contributed by atoms with Gasteiger partial charge in [0.15, 0.2) is 0 Å². The number of fused-ring (bicyclic) bond motifs is 3. The number of nitrogens with zero attached hydrogens (tertiary/aromatic N) is 2. The summed E-state index contributed by atoms with van der Waals surface area (Å²) >= 11 is 0. The molecule has 0 aromatic heterocycles. The van der Waals surface area contributed by atoms with E-state index in [4.69, 9.17) is 0 Å². The van der Waals surface area contributed by atoms with Gasteiger partial charge in [-0.15, -0.1) is 0 Å². The van der Waals surface area contributed by atoms with Gasteiger partial charge in [-0.25, -0.2) is 9.40 Å². The highest BCUT2D eigenvalue weighted by Crippen LogP contribution is 2.36. The van der Waals surface area contributed by atoms with Crippen LogP contribution in [0.4, 0.5) is 23.2 Å². The minimum Gasteiger partial charge on any atom is -0.273 e. The largest absolute Gasteiger partial charge is 0.416 e. The molecule has 0 N–H and O–H groups in total. The zero-order valence-corrected chi connectivity index (χ0v) is 14.5. The number of benzene rings is 2. The summed E-state index contributed by atoms with van der Waals surface area (Å²) in [6, 6.07) is 8.09. The van der Waals surface area contributed by atoms with Gasteiger partial charge in [0.25, 0.3) is 0 Å². The number of hydrogen-bond acceptors (Lipinski definition) is 3. The van der Waals surface area contributed by atoms with Gasteiger partial charge in [-0.3, -0.25) is 9.00 Å². The van der Waals surface area contributed by atoms with Crippen LogP contribution in [0.15, 0.2) is 52.5 Å². The minimum atomic E-state index is -4.55. The van der Waals surface area contributed by atoms with E-state index in [1.54, 1.807) is 0 Å². The first-order chi connectivity index (χ1) is 12.7. The highest BCUT2D eigenvalue weighted by atomic mass is 32.2. The van der Waals surface area contributed by atoms with Crippen LogP contribution in [0, 0.1) is 11.7 Å². The summed E-state index contributed by atoms with van der Waals surface area (Å²) < 4.78 is 65.0. The van der Waals surface area contributed by atoms with Gasteiger partial charge in [-0.05, 0) is 36.4 Å². The van der Waals surface area contributed by atoms with Crippen molar-refractivity contribution in [3.8, 4) is 0 Å². The summed E-state index contributed by atoms with van der Waals surface area (Å²) in [5.74, 6) is -1.34. The highest BCUT2D eigenvalue weighted by Gasteiger charge is 2.38. The van der Waals surface area contributed by atoms with E-state index in [1.165, 1.54) is 30.3 Å². The number of alkyl halides is 3. The van der Waals surface area contributed by atoms with Crippen molar-refractivity contribution < 1.29 is 26.6 Å². The lowest BCUT2D eigenvalue weighted by Crippen LogP contribution is -2.41. The Labute approximate surface area is 153 Å². The molecule has 140 valence electrons. The average molecular weight is 396 g/mol. The molecule has 0 saturated heterocycles. The van der Waals surface area contributed by atoms with Crippen LogP contribution in [-0.2, 0) is 21.8 Å². The molecule has 0 radical (unpaired) electrons. The minimum absolute atomic E-state index is 0.0228. The number of amides is 1. The third-order valence-corrected chi connectivity index (χ3v) is 6.04. The van der Waals surface area contributed by atoms with E-state index in [-0.39, 0.29) is 17.9 Å². The maximum atomic E-state index is 13.7. The maximum Gasteiger partial charge on any atom is 0.416 e. The number of hydrazone groups is 1. The van der Waals surface area contributed by atoms with Crippen LogP contribution in [0.3, 0.4) is 0 Å². The van der Waals surface area contributed by atoms with Gasteiger partial charge in [0, 0.05) is 28.6 Å². The van der Waals surface area contributed by atoms with E-state index in [1.807, 2.05) is 0 Å². The Morgan fingerprint density at radius 3 is 2.67 bits per heavy atom. The molecule has 2 heterocycles. The van der Waals surface area contributed by atoms with E-state index < -0.39 is 40.2 Å². The van der Waals surface area contributed by atoms with Crippen molar-refractivity contribution >= 4 is 28.1 Å². The molecule has 4 nitrogen and oxygen atoms in total. The van der Waals surface area contributed by atoms with E-state index in [0.717, 1.165) is 17.1 Å². The lowest BCUT2D eigenvalue weighted by molar-refractivity contribution is -0.137. The molecule has 27 heavy (non-hydrogen) atoms. The fraction of sp³-hybridized carbons (Fsp3) is 0.222. The van der Waals surface area contributed by atoms with E-state index >= 15 is 0 Å². The van der Waals surface area contributed by atoms with Crippen molar-refractivity contribution in [2.24, 2.45) is 11.0 Å². The molecule has 0 spiro atoms. The summed E-state index contributed by atoms with van der Waals surface area (Å²) in [5, 5.41) is 5.13. The molecular weight excluding hydrogens is 384 g/mol. The van der Waals surface area contributed by atoms with Crippen molar-refractivity contribution in [3.63, 3.8) is 0 Å². The molecule has 0 saturated carbocycles. The van der Waals surface area contributed by atoms with Gasteiger partial charge >= 0.3 is 6.18 Å². The van der Waals surface area contributed by atoms with Gasteiger partial charge in [0.05, 0.1) is 27.8 Å². The number of hydrogen-bond donors (Lipinski definition) is 0. The molecule has 2 aromatic carbocycles. The van der Waals surface area contributed by atoms with Crippen LogP contribution in [0.25, 0.3) is 0 Å². The van der Waals surface area contributed by atoms with Crippen LogP contribution in [-0.4, -0.2) is 21.6 Å². The average Bonchev–Trinajstić information content (AvgIpc) is 2.60. The molecule has 2 aliphatic heterocycles. The van der Waals surface area contributed by atoms with Gasteiger partial charge in [-0.1, -0.05) is 6.07 Å². The Bertz CT molecular complexity index is 1000. The Morgan fingerprint density at radius 2 is 1.93 bits per heavy atom. The quantitative estimate of drug-likeness (QED) is 0.690. The van der Waals surface area contributed by atoms with Gasteiger partial charge < -0.3 is 0 Å².